The molecule has 17 heavy (non-hydrogen) atoms. The van der Waals surface area contributed by atoms with E-state index in [4.69, 9.17) is 11.5 Å². The molecule has 2 heteroatoms. The molecule has 0 radical (unpaired) electrons. The van der Waals surface area contributed by atoms with E-state index in [0.29, 0.717) is 0 Å². The standard InChI is InChI=1S/C15H18N2/c1-11-5-4-7-13(15(11)17)10-9-12-6-2-3-8-14(12)16/h2-8H,9-10,16-17H2,1H3. The zero-order valence-corrected chi connectivity index (χ0v) is 10.1. The van der Waals surface area contributed by atoms with E-state index in [0.717, 1.165) is 29.8 Å². The molecule has 0 bridgehead atoms. The number of aryl methyl sites for hydroxylation is 3. The SMILES string of the molecule is Cc1cccc(CCc2ccccc2N)c1N. The van der Waals surface area contributed by atoms with Crippen molar-refractivity contribution in [3.05, 3.63) is 59.2 Å². The molecule has 2 nitrogen and oxygen atoms in total. The molecule has 0 fully saturated rings. The summed E-state index contributed by atoms with van der Waals surface area (Å²) in [5.74, 6) is 0. The number of benzene rings is 2. The van der Waals surface area contributed by atoms with E-state index >= 15 is 0 Å². The van der Waals surface area contributed by atoms with Gasteiger partial charge in [-0.05, 0) is 42.5 Å². The largest absolute Gasteiger partial charge is 0.399 e. The fraction of sp³-hybridized carbons (Fsp3) is 0.200. The molecular formula is C15H18N2. The second-order valence-electron chi connectivity index (χ2n) is 4.35. The van der Waals surface area contributed by atoms with Crippen LogP contribution in [0.25, 0.3) is 0 Å². The van der Waals surface area contributed by atoms with Gasteiger partial charge in [0.05, 0.1) is 0 Å². The van der Waals surface area contributed by atoms with Gasteiger partial charge in [-0.2, -0.15) is 0 Å². The minimum Gasteiger partial charge on any atom is -0.399 e. The fourth-order valence-electron chi connectivity index (χ4n) is 1.99. The van der Waals surface area contributed by atoms with Crippen molar-refractivity contribution in [3.63, 3.8) is 0 Å². The van der Waals surface area contributed by atoms with Crippen molar-refractivity contribution in [2.75, 3.05) is 11.5 Å². The van der Waals surface area contributed by atoms with Crippen LogP contribution in [-0.4, -0.2) is 0 Å². The van der Waals surface area contributed by atoms with Crippen LogP contribution in [0.5, 0.6) is 0 Å². The first-order valence-corrected chi connectivity index (χ1v) is 5.86. The molecule has 0 amide bonds. The number of hydrogen-bond acceptors (Lipinski definition) is 2. The average molecular weight is 226 g/mol. The summed E-state index contributed by atoms with van der Waals surface area (Å²) in [5.41, 5.74) is 17.3. The molecule has 0 heterocycles. The molecule has 0 saturated heterocycles. The predicted molar refractivity (Wildman–Crippen MR) is 73.9 cm³/mol. The van der Waals surface area contributed by atoms with E-state index in [1.807, 2.05) is 31.2 Å². The zero-order chi connectivity index (χ0) is 12.3. The molecule has 2 rings (SSSR count). The molecule has 0 atom stereocenters. The average Bonchev–Trinajstić information content (AvgIpc) is 2.33. The third-order valence-electron chi connectivity index (χ3n) is 3.13. The lowest BCUT2D eigenvalue weighted by Crippen LogP contribution is -2.01. The molecule has 0 unspecified atom stereocenters. The van der Waals surface area contributed by atoms with Crippen molar-refractivity contribution in [1.82, 2.24) is 0 Å². The van der Waals surface area contributed by atoms with Crippen LogP contribution in [0, 0.1) is 6.92 Å². The van der Waals surface area contributed by atoms with Gasteiger partial charge in [-0.3, -0.25) is 0 Å². The van der Waals surface area contributed by atoms with E-state index in [-0.39, 0.29) is 0 Å². The lowest BCUT2D eigenvalue weighted by molar-refractivity contribution is 0.964. The Morgan fingerprint density at radius 2 is 1.47 bits per heavy atom. The molecule has 2 aromatic rings. The number of rotatable bonds is 3. The van der Waals surface area contributed by atoms with Gasteiger partial charge in [-0.1, -0.05) is 36.4 Å². The van der Waals surface area contributed by atoms with Gasteiger partial charge < -0.3 is 11.5 Å². The van der Waals surface area contributed by atoms with E-state index < -0.39 is 0 Å². The molecule has 0 aromatic heterocycles. The molecule has 88 valence electrons. The number of nitrogen functional groups attached to an aromatic ring is 2. The summed E-state index contributed by atoms with van der Waals surface area (Å²) in [4.78, 5) is 0. The Morgan fingerprint density at radius 1 is 0.824 bits per heavy atom. The van der Waals surface area contributed by atoms with Crippen molar-refractivity contribution in [3.8, 4) is 0 Å². The molecule has 2 aromatic carbocycles. The Morgan fingerprint density at radius 3 is 2.24 bits per heavy atom. The maximum absolute atomic E-state index is 6.05. The number of hydrogen-bond donors (Lipinski definition) is 2. The monoisotopic (exact) mass is 226 g/mol. The van der Waals surface area contributed by atoms with Gasteiger partial charge in [0, 0.05) is 11.4 Å². The lowest BCUT2D eigenvalue weighted by Gasteiger charge is -2.09. The summed E-state index contributed by atoms with van der Waals surface area (Å²) in [5, 5.41) is 0. The normalized spacial score (nSPS) is 10.4. The van der Waals surface area contributed by atoms with Crippen molar-refractivity contribution >= 4 is 11.4 Å². The maximum atomic E-state index is 6.05. The number of para-hydroxylation sites is 2. The Balaban J connectivity index is 2.13. The van der Waals surface area contributed by atoms with Crippen LogP contribution in [0.2, 0.25) is 0 Å². The summed E-state index contributed by atoms with van der Waals surface area (Å²) < 4.78 is 0. The molecule has 4 N–H and O–H groups in total. The third kappa shape index (κ3) is 2.59. The number of nitrogens with two attached hydrogens (primary N) is 2. The topological polar surface area (TPSA) is 52.0 Å². The number of anilines is 2. The molecule has 0 spiro atoms. The highest BCUT2D eigenvalue weighted by Gasteiger charge is 2.03. The van der Waals surface area contributed by atoms with Crippen LogP contribution in [0.3, 0.4) is 0 Å². The molecule has 0 saturated carbocycles. The fourth-order valence-corrected chi connectivity index (χ4v) is 1.99. The van der Waals surface area contributed by atoms with Crippen LogP contribution < -0.4 is 11.5 Å². The first-order valence-electron chi connectivity index (χ1n) is 5.86. The van der Waals surface area contributed by atoms with E-state index in [2.05, 4.69) is 18.2 Å². The Hall–Kier alpha value is -1.96. The molecular weight excluding hydrogens is 208 g/mol. The molecule has 0 aliphatic carbocycles. The van der Waals surface area contributed by atoms with Crippen LogP contribution in [0.4, 0.5) is 11.4 Å². The first kappa shape index (κ1) is 11.5. The summed E-state index contributed by atoms with van der Waals surface area (Å²) in [6.07, 6.45) is 1.86. The summed E-state index contributed by atoms with van der Waals surface area (Å²) in [6.45, 7) is 2.04. The van der Waals surface area contributed by atoms with E-state index in [1.165, 1.54) is 11.1 Å². The highest BCUT2D eigenvalue weighted by atomic mass is 14.6. The summed E-state index contributed by atoms with van der Waals surface area (Å²) in [7, 11) is 0. The van der Waals surface area contributed by atoms with Crippen LogP contribution >= 0.6 is 0 Å². The van der Waals surface area contributed by atoms with Gasteiger partial charge in [0.2, 0.25) is 0 Å². The van der Waals surface area contributed by atoms with E-state index in [9.17, 15) is 0 Å². The minimum atomic E-state index is 0.860. The van der Waals surface area contributed by atoms with Gasteiger partial charge in [-0.15, -0.1) is 0 Å². The summed E-state index contributed by atoms with van der Waals surface area (Å²) >= 11 is 0. The summed E-state index contributed by atoms with van der Waals surface area (Å²) in [6, 6.07) is 14.2. The molecule has 0 aliphatic rings. The minimum absolute atomic E-state index is 0.860. The van der Waals surface area contributed by atoms with Crippen LogP contribution in [0.1, 0.15) is 16.7 Å². The second-order valence-corrected chi connectivity index (χ2v) is 4.35. The lowest BCUT2D eigenvalue weighted by atomic mass is 10.00. The van der Waals surface area contributed by atoms with Crippen molar-refractivity contribution in [2.45, 2.75) is 19.8 Å². The van der Waals surface area contributed by atoms with Gasteiger partial charge >= 0.3 is 0 Å². The molecule has 0 aliphatic heterocycles. The highest BCUT2D eigenvalue weighted by molar-refractivity contribution is 5.54. The predicted octanol–water partition coefficient (Wildman–Crippen LogP) is 2.94. The Kier molecular flexibility index (Phi) is 3.33. The highest BCUT2D eigenvalue weighted by Crippen LogP contribution is 2.20. The van der Waals surface area contributed by atoms with Gasteiger partial charge in [0.25, 0.3) is 0 Å². The van der Waals surface area contributed by atoms with E-state index in [1.54, 1.807) is 0 Å². The third-order valence-corrected chi connectivity index (χ3v) is 3.13. The van der Waals surface area contributed by atoms with Crippen molar-refractivity contribution in [2.24, 2.45) is 0 Å². The van der Waals surface area contributed by atoms with Crippen LogP contribution in [-0.2, 0) is 12.8 Å². The zero-order valence-electron chi connectivity index (χ0n) is 10.1. The quantitative estimate of drug-likeness (QED) is 0.791. The second kappa shape index (κ2) is 4.91. The van der Waals surface area contributed by atoms with Crippen LogP contribution in [0.15, 0.2) is 42.5 Å². The van der Waals surface area contributed by atoms with Crippen molar-refractivity contribution in [1.29, 1.82) is 0 Å². The van der Waals surface area contributed by atoms with Gasteiger partial charge in [0.15, 0.2) is 0 Å². The Bertz CT molecular complexity index is 518. The smallest absolute Gasteiger partial charge is 0.0376 e. The van der Waals surface area contributed by atoms with Crippen molar-refractivity contribution < 1.29 is 0 Å². The maximum Gasteiger partial charge on any atom is 0.0376 e. The van der Waals surface area contributed by atoms with Gasteiger partial charge in [0.1, 0.15) is 0 Å². The van der Waals surface area contributed by atoms with Gasteiger partial charge in [-0.25, -0.2) is 0 Å². The first-order chi connectivity index (χ1) is 8.18. The Labute approximate surface area is 102 Å².